The molecule has 0 aromatic heterocycles. The Balaban J connectivity index is 1.61. The van der Waals surface area contributed by atoms with Gasteiger partial charge >= 0.3 is 0 Å². The highest BCUT2D eigenvalue weighted by Crippen LogP contribution is 2.55. The zero-order valence-electron chi connectivity index (χ0n) is 41.1. The predicted octanol–water partition coefficient (Wildman–Crippen LogP) is 10.4. The summed E-state index contributed by atoms with van der Waals surface area (Å²) in [6.07, 6.45) is -4.99. The molecule has 0 aliphatic heterocycles. The van der Waals surface area contributed by atoms with E-state index in [2.05, 4.69) is 11.8 Å². The molecule has 0 radical (unpaired) electrons. The molecule has 7 rings (SSSR count). The number of methoxy groups -OCH3 is 6. The SMILES string of the molecule is COc1cc(OC)c(C(C#Cc2ccccc2)(c2c(OC)cc(OC)cc2OC)[C@H](OCc2ccccc2)[C@@H](OCc2ccccc2)[C@H](OCc2ccccc2)[C@H](O)COCc2ccccc2)c(OC)c1. The van der Waals surface area contributed by atoms with Gasteiger partial charge < -0.3 is 52.5 Å². The van der Waals surface area contributed by atoms with Crippen LogP contribution < -0.4 is 28.4 Å². The van der Waals surface area contributed by atoms with E-state index in [1.807, 2.05) is 152 Å². The normalized spacial score (nSPS) is 12.9. The van der Waals surface area contributed by atoms with E-state index < -0.39 is 29.8 Å². The molecular formula is C60H62O11. The zero-order valence-corrected chi connectivity index (χ0v) is 41.1. The minimum atomic E-state index is -1.81. The van der Waals surface area contributed by atoms with Crippen molar-refractivity contribution in [2.45, 2.75) is 56.3 Å². The molecule has 0 unspecified atom stereocenters. The van der Waals surface area contributed by atoms with Gasteiger partial charge in [0.1, 0.15) is 64.3 Å². The van der Waals surface area contributed by atoms with Crippen LogP contribution in [0.1, 0.15) is 38.9 Å². The molecule has 0 saturated heterocycles. The Labute approximate surface area is 417 Å². The lowest BCUT2D eigenvalue weighted by atomic mass is 9.66. The number of rotatable bonds is 25. The number of benzene rings is 7. The number of aliphatic hydroxyl groups is 1. The summed E-state index contributed by atoms with van der Waals surface area (Å²) in [5.74, 6) is 9.52. The van der Waals surface area contributed by atoms with Gasteiger partial charge in [0.25, 0.3) is 0 Å². The van der Waals surface area contributed by atoms with Gasteiger partial charge in [0.05, 0.1) is 86.8 Å². The van der Waals surface area contributed by atoms with E-state index in [1.54, 1.807) is 66.9 Å². The maximum Gasteiger partial charge on any atom is 0.131 e. The Morgan fingerprint density at radius 2 is 0.775 bits per heavy atom. The van der Waals surface area contributed by atoms with Gasteiger partial charge in [-0.25, -0.2) is 0 Å². The highest BCUT2D eigenvalue weighted by molar-refractivity contribution is 5.70. The molecule has 11 nitrogen and oxygen atoms in total. The van der Waals surface area contributed by atoms with Crippen molar-refractivity contribution in [3.63, 3.8) is 0 Å². The van der Waals surface area contributed by atoms with Crippen LogP contribution in [0, 0.1) is 11.8 Å². The fraction of sp³-hybridized carbons (Fsp3) is 0.267. The Bertz CT molecular complexity index is 2630. The third-order valence-electron chi connectivity index (χ3n) is 12.1. The van der Waals surface area contributed by atoms with E-state index in [0.717, 1.165) is 22.3 Å². The standard InChI is InChI=1S/C60H62O11/c1-62-48-34-51(64-3)55(52(35-48)65-4)60(33-32-43-22-12-7-13-23-43,56-53(66-5)36-49(63-2)37-54(56)67-6)59(71-41-47-30-20-11-21-31-47)58(70-40-46-28-18-10-19-29-46)57(69-39-45-26-16-9-17-27-45)50(61)42-68-38-44-24-14-8-15-25-44/h7-31,34-37,50,57-59,61H,38-42H2,1-6H3/t50-,57-,58+,59-/m1/s1. The highest BCUT2D eigenvalue weighted by Gasteiger charge is 2.56. The molecule has 11 heteroatoms. The van der Waals surface area contributed by atoms with Gasteiger partial charge in [0.15, 0.2) is 0 Å². The van der Waals surface area contributed by atoms with E-state index in [-0.39, 0.29) is 33.0 Å². The fourth-order valence-electron chi connectivity index (χ4n) is 8.59. The van der Waals surface area contributed by atoms with Crippen LogP contribution in [0.2, 0.25) is 0 Å². The molecule has 4 atom stereocenters. The number of hydrogen-bond acceptors (Lipinski definition) is 11. The second kappa shape index (κ2) is 26.1. The van der Waals surface area contributed by atoms with Crippen LogP contribution in [0.5, 0.6) is 34.5 Å². The molecule has 0 saturated carbocycles. The maximum atomic E-state index is 12.9. The quantitative estimate of drug-likeness (QED) is 0.0553. The number of hydrogen-bond donors (Lipinski definition) is 1. The predicted molar refractivity (Wildman–Crippen MR) is 273 cm³/mol. The molecule has 0 aliphatic rings. The molecular weight excluding hydrogens is 897 g/mol. The summed E-state index contributed by atoms with van der Waals surface area (Å²) in [5.41, 5.74) is 3.21. The molecule has 368 valence electrons. The second-order valence-corrected chi connectivity index (χ2v) is 16.5. The Hall–Kier alpha value is -7.30. The number of ether oxygens (including phenoxy) is 10. The van der Waals surface area contributed by atoms with E-state index in [4.69, 9.17) is 47.4 Å². The minimum absolute atomic E-state index is 0.0407. The van der Waals surface area contributed by atoms with Crippen LogP contribution in [0.4, 0.5) is 0 Å². The summed E-state index contributed by atoms with van der Waals surface area (Å²) in [6.45, 7) is 0.289. The highest BCUT2D eigenvalue weighted by atomic mass is 16.6. The van der Waals surface area contributed by atoms with E-state index in [1.165, 1.54) is 0 Å². The molecule has 7 aromatic carbocycles. The summed E-state index contributed by atoms with van der Waals surface area (Å²) < 4.78 is 65.6. The number of aliphatic hydroxyl groups excluding tert-OH is 1. The third kappa shape index (κ3) is 12.9. The molecule has 0 spiro atoms. The van der Waals surface area contributed by atoms with Crippen molar-refractivity contribution in [3.05, 3.63) is 215 Å². The topological polar surface area (TPSA) is 113 Å². The van der Waals surface area contributed by atoms with E-state index >= 15 is 0 Å². The molecule has 1 N–H and O–H groups in total. The first-order valence-electron chi connectivity index (χ1n) is 23.3. The first kappa shape index (κ1) is 51.5. The van der Waals surface area contributed by atoms with Crippen LogP contribution in [0.3, 0.4) is 0 Å². The Morgan fingerprint density at radius 3 is 1.15 bits per heavy atom. The van der Waals surface area contributed by atoms with Crippen LogP contribution >= 0.6 is 0 Å². The molecule has 0 heterocycles. The minimum Gasteiger partial charge on any atom is -0.496 e. The monoisotopic (exact) mass is 958 g/mol. The third-order valence-corrected chi connectivity index (χ3v) is 12.1. The lowest BCUT2D eigenvalue weighted by Gasteiger charge is -2.45. The zero-order chi connectivity index (χ0) is 49.8. The lowest BCUT2D eigenvalue weighted by Crippen LogP contribution is -2.57. The first-order valence-corrected chi connectivity index (χ1v) is 23.3. The first-order chi connectivity index (χ1) is 34.8. The average molecular weight is 959 g/mol. The largest absolute Gasteiger partial charge is 0.496 e. The van der Waals surface area contributed by atoms with Crippen LogP contribution in [-0.4, -0.2) is 78.8 Å². The molecule has 0 amide bonds. The van der Waals surface area contributed by atoms with Crippen molar-refractivity contribution in [1.29, 1.82) is 0 Å². The van der Waals surface area contributed by atoms with Crippen molar-refractivity contribution < 1.29 is 52.5 Å². The van der Waals surface area contributed by atoms with Crippen LogP contribution in [-0.2, 0) is 50.8 Å². The van der Waals surface area contributed by atoms with E-state index in [0.29, 0.717) is 51.2 Å². The molecule has 0 fully saturated rings. The van der Waals surface area contributed by atoms with Crippen molar-refractivity contribution in [1.82, 2.24) is 0 Å². The van der Waals surface area contributed by atoms with Gasteiger partial charge in [-0.1, -0.05) is 151 Å². The van der Waals surface area contributed by atoms with Crippen molar-refractivity contribution in [3.8, 4) is 46.3 Å². The molecule has 7 aromatic rings. The van der Waals surface area contributed by atoms with Crippen LogP contribution in [0.15, 0.2) is 176 Å². The average Bonchev–Trinajstić information content (AvgIpc) is 3.43. The van der Waals surface area contributed by atoms with Crippen molar-refractivity contribution in [2.75, 3.05) is 49.3 Å². The summed E-state index contributed by atoms with van der Waals surface area (Å²) in [6, 6.07) is 55.8. The molecule has 0 bridgehead atoms. The lowest BCUT2D eigenvalue weighted by molar-refractivity contribution is -0.195. The van der Waals surface area contributed by atoms with Gasteiger partial charge in [-0.05, 0) is 34.4 Å². The maximum absolute atomic E-state index is 12.9. The van der Waals surface area contributed by atoms with Gasteiger partial charge in [-0.3, -0.25) is 0 Å². The van der Waals surface area contributed by atoms with Gasteiger partial charge in [0, 0.05) is 29.8 Å². The Kier molecular flexibility index (Phi) is 18.9. The van der Waals surface area contributed by atoms with E-state index in [9.17, 15) is 5.11 Å². The van der Waals surface area contributed by atoms with Gasteiger partial charge in [-0.2, -0.15) is 0 Å². The van der Waals surface area contributed by atoms with Crippen molar-refractivity contribution >= 4 is 0 Å². The fourth-order valence-corrected chi connectivity index (χ4v) is 8.59. The Morgan fingerprint density at radius 1 is 0.423 bits per heavy atom. The van der Waals surface area contributed by atoms with Crippen LogP contribution in [0.25, 0.3) is 0 Å². The second-order valence-electron chi connectivity index (χ2n) is 16.5. The summed E-state index contributed by atoms with van der Waals surface area (Å²) in [5, 5.41) is 12.9. The van der Waals surface area contributed by atoms with Gasteiger partial charge in [0.2, 0.25) is 0 Å². The summed E-state index contributed by atoms with van der Waals surface area (Å²) in [7, 11) is 9.41. The molecule has 0 aliphatic carbocycles. The molecule has 71 heavy (non-hydrogen) atoms. The summed E-state index contributed by atoms with van der Waals surface area (Å²) in [4.78, 5) is 0. The van der Waals surface area contributed by atoms with Gasteiger partial charge in [-0.15, -0.1) is 0 Å². The summed E-state index contributed by atoms with van der Waals surface area (Å²) >= 11 is 0. The smallest absolute Gasteiger partial charge is 0.131 e. The van der Waals surface area contributed by atoms with Crippen molar-refractivity contribution in [2.24, 2.45) is 0 Å².